The Labute approximate surface area is 105 Å². The van der Waals surface area contributed by atoms with E-state index in [-0.39, 0.29) is 0 Å². The minimum Gasteiger partial charge on any atom is -0.390 e. The van der Waals surface area contributed by atoms with Gasteiger partial charge in [-0.05, 0) is 11.1 Å². The van der Waals surface area contributed by atoms with Gasteiger partial charge in [0.2, 0.25) is 0 Å². The molecule has 0 heterocycles. The predicted octanol–water partition coefficient (Wildman–Crippen LogP) is 3.45. The fraction of sp³-hybridized carbons (Fsp3) is 0.200. The molecule has 0 aromatic heterocycles. The lowest BCUT2D eigenvalue weighted by molar-refractivity contribution is -0.0628. The van der Waals surface area contributed by atoms with Crippen LogP contribution in [0.25, 0.3) is 0 Å². The molecule has 0 fully saturated rings. The van der Waals surface area contributed by atoms with Crippen LogP contribution in [-0.4, -0.2) is 17.6 Å². The van der Waals surface area contributed by atoms with Crippen LogP contribution in [0, 0.1) is 0 Å². The fourth-order valence-corrected chi connectivity index (χ4v) is 2.06. The average molecular weight is 248 g/mol. The summed E-state index contributed by atoms with van der Waals surface area (Å²) < 4.78 is 27.9. The van der Waals surface area contributed by atoms with E-state index in [0.717, 1.165) is 0 Å². The number of alkyl halides is 2. The molecule has 18 heavy (non-hydrogen) atoms. The van der Waals surface area contributed by atoms with Crippen LogP contribution in [0.2, 0.25) is 0 Å². The van der Waals surface area contributed by atoms with Gasteiger partial charge in [-0.2, -0.15) is 0 Å². The van der Waals surface area contributed by atoms with Gasteiger partial charge in [-0.15, -0.1) is 0 Å². The van der Waals surface area contributed by atoms with E-state index in [9.17, 15) is 8.78 Å². The summed E-state index contributed by atoms with van der Waals surface area (Å²) in [5, 5.41) is 8.94. The molecular weight excluding hydrogens is 234 g/mol. The lowest BCUT2D eigenvalue weighted by Crippen LogP contribution is -2.31. The molecule has 2 aromatic carbocycles. The Bertz CT molecular complexity index is 443. The van der Waals surface area contributed by atoms with Crippen LogP contribution in [0.3, 0.4) is 0 Å². The third-order valence-electron chi connectivity index (χ3n) is 2.90. The summed E-state index contributed by atoms with van der Waals surface area (Å²) in [4.78, 5) is 0. The maximum Gasteiger partial charge on any atom is 0.281 e. The van der Waals surface area contributed by atoms with Crippen molar-refractivity contribution in [3.8, 4) is 0 Å². The normalized spacial score (nSPS) is 11.8. The van der Waals surface area contributed by atoms with Crippen molar-refractivity contribution in [2.45, 2.75) is 11.8 Å². The number of benzene rings is 2. The molecule has 0 unspecified atom stereocenters. The Hall–Kier alpha value is -1.74. The third-order valence-corrected chi connectivity index (χ3v) is 2.90. The van der Waals surface area contributed by atoms with E-state index in [1.807, 2.05) is 0 Å². The quantitative estimate of drug-likeness (QED) is 0.878. The molecule has 0 radical (unpaired) electrons. The van der Waals surface area contributed by atoms with Crippen molar-refractivity contribution in [2.24, 2.45) is 0 Å². The van der Waals surface area contributed by atoms with Crippen molar-refractivity contribution in [3.05, 3.63) is 71.8 Å². The van der Waals surface area contributed by atoms with Crippen LogP contribution in [0.15, 0.2) is 60.7 Å². The molecule has 3 heteroatoms. The third kappa shape index (κ3) is 2.57. The van der Waals surface area contributed by atoms with Crippen molar-refractivity contribution in [3.63, 3.8) is 0 Å². The van der Waals surface area contributed by atoms with Crippen LogP contribution in [0.4, 0.5) is 8.78 Å². The van der Waals surface area contributed by atoms with E-state index in [0.29, 0.717) is 11.1 Å². The summed E-state index contributed by atoms with van der Waals surface area (Å²) in [6.45, 7) is -1.17. The Morgan fingerprint density at radius 3 is 1.56 bits per heavy atom. The molecule has 0 atom stereocenters. The molecule has 2 rings (SSSR count). The van der Waals surface area contributed by atoms with Crippen molar-refractivity contribution in [2.75, 3.05) is 6.61 Å². The molecule has 1 N–H and O–H groups in total. The second-order valence-corrected chi connectivity index (χ2v) is 4.17. The van der Waals surface area contributed by atoms with Gasteiger partial charge < -0.3 is 5.11 Å². The van der Waals surface area contributed by atoms with E-state index in [4.69, 9.17) is 5.11 Å². The zero-order valence-electron chi connectivity index (χ0n) is 9.76. The smallest absolute Gasteiger partial charge is 0.281 e. The van der Waals surface area contributed by atoms with Crippen molar-refractivity contribution < 1.29 is 13.9 Å². The monoisotopic (exact) mass is 248 g/mol. The summed E-state index contributed by atoms with van der Waals surface area (Å²) in [5.74, 6) is -4.30. The SMILES string of the molecule is OCC(F)(F)C(c1ccccc1)c1ccccc1. The maximum absolute atomic E-state index is 13.9. The number of rotatable bonds is 4. The van der Waals surface area contributed by atoms with Crippen LogP contribution in [0.5, 0.6) is 0 Å². The van der Waals surface area contributed by atoms with E-state index in [2.05, 4.69) is 0 Å². The van der Waals surface area contributed by atoms with Crippen LogP contribution in [-0.2, 0) is 0 Å². The standard InChI is InChI=1S/C15H14F2O/c16-15(17,11-18)14(12-7-3-1-4-8-12)13-9-5-2-6-10-13/h1-10,14,18H,11H2. The van der Waals surface area contributed by atoms with Gasteiger partial charge in [0.25, 0.3) is 5.92 Å². The molecular formula is C15H14F2O. The van der Waals surface area contributed by atoms with Gasteiger partial charge in [-0.3, -0.25) is 0 Å². The van der Waals surface area contributed by atoms with Gasteiger partial charge in [-0.25, -0.2) is 8.78 Å². The highest BCUT2D eigenvalue weighted by molar-refractivity contribution is 5.34. The minimum absolute atomic E-state index is 0.503. The Balaban J connectivity index is 2.49. The molecule has 0 saturated heterocycles. The van der Waals surface area contributed by atoms with Crippen molar-refractivity contribution in [1.29, 1.82) is 0 Å². The van der Waals surface area contributed by atoms with E-state index in [1.165, 1.54) is 0 Å². The van der Waals surface area contributed by atoms with Crippen molar-refractivity contribution in [1.82, 2.24) is 0 Å². The molecule has 0 aliphatic heterocycles. The average Bonchev–Trinajstić information content (AvgIpc) is 2.41. The summed E-state index contributed by atoms with van der Waals surface area (Å²) in [6, 6.07) is 17.1. The predicted molar refractivity (Wildman–Crippen MR) is 66.8 cm³/mol. The molecule has 0 saturated carbocycles. The number of aliphatic hydroxyl groups is 1. The van der Waals surface area contributed by atoms with Crippen LogP contribution >= 0.6 is 0 Å². The highest BCUT2D eigenvalue weighted by Crippen LogP contribution is 2.38. The highest BCUT2D eigenvalue weighted by atomic mass is 19.3. The van der Waals surface area contributed by atoms with E-state index < -0.39 is 18.4 Å². The maximum atomic E-state index is 13.9. The van der Waals surface area contributed by atoms with Gasteiger partial charge in [0.05, 0.1) is 5.92 Å². The first kappa shape index (κ1) is 12.7. The summed E-state index contributed by atoms with van der Waals surface area (Å²) in [7, 11) is 0. The van der Waals surface area contributed by atoms with Gasteiger partial charge in [-0.1, -0.05) is 60.7 Å². The number of halogens is 2. The second-order valence-electron chi connectivity index (χ2n) is 4.17. The Morgan fingerprint density at radius 2 is 1.22 bits per heavy atom. The summed E-state index contributed by atoms with van der Waals surface area (Å²) in [6.07, 6.45) is 0. The molecule has 0 aliphatic carbocycles. The first-order valence-corrected chi connectivity index (χ1v) is 5.74. The highest BCUT2D eigenvalue weighted by Gasteiger charge is 2.40. The second kappa shape index (κ2) is 5.27. The number of hydrogen-bond donors (Lipinski definition) is 1. The van der Waals surface area contributed by atoms with Gasteiger partial charge >= 0.3 is 0 Å². The molecule has 0 aliphatic rings. The zero-order valence-corrected chi connectivity index (χ0v) is 9.76. The van der Waals surface area contributed by atoms with E-state index in [1.54, 1.807) is 60.7 Å². The zero-order chi connectivity index (χ0) is 13.0. The Morgan fingerprint density at radius 1 is 0.833 bits per heavy atom. The lowest BCUT2D eigenvalue weighted by Gasteiger charge is -2.26. The molecule has 0 bridgehead atoms. The lowest BCUT2D eigenvalue weighted by atomic mass is 9.86. The summed E-state index contributed by atoms with van der Waals surface area (Å²) in [5.41, 5.74) is 1.01. The summed E-state index contributed by atoms with van der Waals surface area (Å²) >= 11 is 0. The molecule has 0 spiro atoms. The molecule has 1 nitrogen and oxygen atoms in total. The van der Waals surface area contributed by atoms with Crippen LogP contribution < -0.4 is 0 Å². The van der Waals surface area contributed by atoms with Crippen LogP contribution in [0.1, 0.15) is 17.0 Å². The van der Waals surface area contributed by atoms with E-state index >= 15 is 0 Å². The molecule has 94 valence electrons. The topological polar surface area (TPSA) is 20.2 Å². The minimum atomic E-state index is -3.18. The number of hydrogen-bond acceptors (Lipinski definition) is 1. The number of aliphatic hydroxyl groups excluding tert-OH is 1. The molecule has 2 aromatic rings. The first-order chi connectivity index (χ1) is 8.65. The van der Waals surface area contributed by atoms with Gasteiger partial charge in [0, 0.05) is 0 Å². The first-order valence-electron chi connectivity index (χ1n) is 5.74. The molecule has 0 amide bonds. The van der Waals surface area contributed by atoms with Gasteiger partial charge in [0.1, 0.15) is 6.61 Å². The van der Waals surface area contributed by atoms with Crippen molar-refractivity contribution >= 4 is 0 Å². The Kier molecular flexibility index (Phi) is 3.72. The fourth-order valence-electron chi connectivity index (χ4n) is 2.06. The largest absolute Gasteiger partial charge is 0.390 e. The van der Waals surface area contributed by atoms with Gasteiger partial charge in [0.15, 0.2) is 0 Å².